The van der Waals surface area contributed by atoms with E-state index in [2.05, 4.69) is 161 Å². The first-order valence-corrected chi connectivity index (χ1v) is 18.3. The van der Waals surface area contributed by atoms with Crippen molar-refractivity contribution in [2.75, 3.05) is 0 Å². The van der Waals surface area contributed by atoms with Gasteiger partial charge in [-0.25, -0.2) is 4.98 Å². The molecule has 0 spiro atoms. The molecule has 5 heteroatoms. The molecule has 3 aromatic heterocycles. The van der Waals surface area contributed by atoms with Crippen LogP contribution in [0.15, 0.2) is 170 Å². The second kappa shape index (κ2) is 11.1. The minimum atomic E-state index is 0.581. The molecule has 0 unspecified atom stereocenters. The fourth-order valence-electron chi connectivity index (χ4n) is 8.73. The number of nitrogens with zero attached hydrogens (tertiary/aromatic N) is 4. The predicted octanol–water partition coefficient (Wildman–Crippen LogP) is 12.5. The monoisotopic (exact) mass is 687 g/mol. The van der Waals surface area contributed by atoms with Crippen molar-refractivity contribution in [1.82, 2.24) is 24.5 Å². The van der Waals surface area contributed by atoms with Gasteiger partial charge in [0.25, 0.3) is 0 Å². The van der Waals surface area contributed by atoms with Gasteiger partial charge in [0.05, 0.1) is 16.6 Å². The van der Waals surface area contributed by atoms with E-state index in [4.69, 9.17) is 15.0 Å². The van der Waals surface area contributed by atoms with E-state index < -0.39 is 0 Å². The molecule has 0 amide bonds. The zero-order valence-corrected chi connectivity index (χ0v) is 29.0. The van der Waals surface area contributed by atoms with Crippen molar-refractivity contribution in [3.05, 3.63) is 170 Å². The molecule has 0 radical (unpaired) electrons. The number of hydrogen-bond acceptors (Lipinski definition) is 3. The van der Waals surface area contributed by atoms with Crippen LogP contribution in [0.3, 0.4) is 0 Å². The molecule has 250 valence electrons. The molecule has 9 aromatic carbocycles. The molecule has 0 saturated carbocycles. The summed E-state index contributed by atoms with van der Waals surface area (Å²) in [5.41, 5.74) is 6.30. The molecule has 1 N–H and O–H groups in total. The Morgan fingerprint density at radius 1 is 0.389 bits per heavy atom. The molecule has 0 aliphatic heterocycles. The van der Waals surface area contributed by atoms with Crippen LogP contribution in [0.1, 0.15) is 0 Å². The Bertz CT molecular complexity index is 3500. The maximum absolute atomic E-state index is 5.44. The third-order valence-corrected chi connectivity index (χ3v) is 11.1. The fraction of sp³-hybridized carbons (Fsp3) is 0. The summed E-state index contributed by atoms with van der Waals surface area (Å²) in [7, 11) is 0. The molecular formula is C49H29N5. The first kappa shape index (κ1) is 29.2. The average molecular weight is 688 g/mol. The number of fused-ring (bicyclic) bond motifs is 14. The molecule has 0 saturated heterocycles. The van der Waals surface area contributed by atoms with E-state index >= 15 is 0 Å². The van der Waals surface area contributed by atoms with Gasteiger partial charge >= 0.3 is 0 Å². The van der Waals surface area contributed by atoms with E-state index in [9.17, 15) is 0 Å². The fourth-order valence-corrected chi connectivity index (χ4v) is 8.73. The molecule has 0 fully saturated rings. The lowest BCUT2D eigenvalue weighted by atomic mass is 9.97. The maximum Gasteiger partial charge on any atom is 0.238 e. The lowest BCUT2D eigenvalue weighted by molar-refractivity contribution is 0.958. The van der Waals surface area contributed by atoms with E-state index in [1.54, 1.807) is 0 Å². The average Bonchev–Trinajstić information content (AvgIpc) is 3.79. The lowest BCUT2D eigenvalue weighted by Crippen LogP contribution is -2.07. The van der Waals surface area contributed by atoms with Gasteiger partial charge in [-0.15, -0.1) is 0 Å². The Balaban J connectivity index is 1.32. The van der Waals surface area contributed by atoms with Gasteiger partial charge in [-0.1, -0.05) is 158 Å². The van der Waals surface area contributed by atoms with Crippen molar-refractivity contribution in [3.63, 3.8) is 0 Å². The summed E-state index contributed by atoms with van der Waals surface area (Å²) >= 11 is 0. The van der Waals surface area contributed by atoms with Crippen LogP contribution in [-0.4, -0.2) is 24.5 Å². The molecule has 12 aromatic rings. The van der Waals surface area contributed by atoms with Crippen LogP contribution in [0, 0.1) is 0 Å². The zero-order valence-electron chi connectivity index (χ0n) is 29.0. The summed E-state index contributed by atoms with van der Waals surface area (Å²) in [6, 6.07) is 60.2. The van der Waals surface area contributed by atoms with Crippen molar-refractivity contribution in [1.29, 1.82) is 0 Å². The number of benzene rings is 9. The standard InChI is InChI=1S/C49H29N5/c1-2-15-31(16-3-1)47-51-48(38-24-12-19-29-13-6-8-20-34(29)38)53-49(52-47)54-45-35-21-9-7-14-30(35)25-26-39(45)43-42-40-27-32-17-4-5-18-33(32)28-41(40)50-44(42)36-22-10-11-23-37(36)46(43)54/h1-28,50H. The normalized spacial score (nSPS) is 12.1. The van der Waals surface area contributed by atoms with Gasteiger partial charge in [-0.05, 0) is 39.1 Å². The quantitative estimate of drug-likeness (QED) is 0.201. The van der Waals surface area contributed by atoms with Gasteiger partial charge in [0.2, 0.25) is 5.95 Å². The maximum atomic E-state index is 5.44. The summed E-state index contributed by atoms with van der Waals surface area (Å²) in [6.45, 7) is 0. The summed E-state index contributed by atoms with van der Waals surface area (Å²) < 4.78 is 2.32. The largest absolute Gasteiger partial charge is 0.354 e. The van der Waals surface area contributed by atoms with Crippen LogP contribution in [0.4, 0.5) is 0 Å². The van der Waals surface area contributed by atoms with Gasteiger partial charge in [0, 0.05) is 54.3 Å². The highest BCUT2D eigenvalue weighted by molar-refractivity contribution is 6.38. The van der Waals surface area contributed by atoms with E-state index in [0.29, 0.717) is 17.6 Å². The van der Waals surface area contributed by atoms with Crippen LogP contribution in [0.25, 0.3) is 115 Å². The summed E-state index contributed by atoms with van der Waals surface area (Å²) in [5, 5.41) is 14.0. The number of hydrogen-bond donors (Lipinski definition) is 1. The van der Waals surface area contributed by atoms with Gasteiger partial charge in [0.1, 0.15) is 0 Å². The minimum absolute atomic E-state index is 0.581. The topological polar surface area (TPSA) is 59.4 Å². The second-order valence-corrected chi connectivity index (χ2v) is 14.1. The Kier molecular flexibility index (Phi) is 5.99. The van der Waals surface area contributed by atoms with Gasteiger partial charge in [0.15, 0.2) is 11.6 Å². The van der Waals surface area contributed by atoms with Crippen LogP contribution < -0.4 is 0 Å². The smallest absolute Gasteiger partial charge is 0.238 e. The number of H-pyrrole nitrogens is 1. The lowest BCUT2D eigenvalue weighted by Gasteiger charge is -2.14. The number of aromatic nitrogens is 5. The second-order valence-electron chi connectivity index (χ2n) is 14.1. The van der Waals surface area contributed by atoms with Crippen LogP contribution in [-0.2, 0) is 0 Å². The van der Waals surface area contributed by atoms with Crippen LogP contribution in [0.2, 0.25) is 0 Å². The number of aromatic amines is 1. The number of rotatable bonds is 3. The van der Waals surface area contributed by atoms with Crippen molar-refractivity contribution in [2.24, 2.45) is 0 Å². The zero-order chi connectivity index (χ0) is 35.3. The van der Waals surface area contributed by atoms with E-state index in [1.165, 1.54) is 26.9 Å². The Hall–Kier alpha value is -7.37. The Labute approximate surface area is 308 Å². The number of nitrogens with one attached hydrogen (secondary N) is 1. The third kappa shape index (κ3) is 4.12. The van der Waals surface area contributed by atoms with Gasteiger partial charge in [-0.2, -0.15) is 9.97 Å². The molecule has 12 rings (SSSR count). The van der Waals surface area contributed by atoms with E-state index in [0.717, 1.165) is 70.9 Å². The summed E-state index contributed by atoms with van der Waals surface area (Å²) in [4.78, 5) is 19.9. The van der Waals surface area contributed by atoms with Gasteiger partial charge in [-0.3, -0.25) is 4.57 Å². The van der Waals surface area contributed by atoms with Crippen molar-refractivity contribution < 1.29 is 0 Å². The van der Waals surface area contributed by atoms with Crippen molar-refractivity contribution in [2.45, 2.75) is 0 Å². The Morgan fingerprint density at radius 2 is 1.02 bits per heavy atom. The molecule has 0 bridgehead atoms. The predicted molar refractivity (Wildman–Crippen MR) is 224 cm³/mol. The highest BCUT2D eigenvalue weighted by Gasteiger charge is 2.25. The molecule has 0 aliphatic rings. The van der Waals surface area contributed by atoms with E-state index in [-0.39, 0.29) is 0 Å². The molecule has 54 heavy (non-hydrogen) atoms. The van der Waals surface area contributed by atoms with Crippen molar-refractivity contribution >= 4 is 86.7 Å². The van der Waals surface area contributed by atoms with Crippen molar-refractivity contribution in [3.8, 4) is 28.7 Å². The molecule has 3 heterocycles. The summed E-state index contributed by atoms with van der Waals surface area (Å²) in [5.74, 6) is 1.84. The highest BCUT2D eigenvalue weighted by Crippen LogP contribution is 2.46. The third-order valence-electron chi connectivity index (χ3n) is 11.1. The highest BCUT2D eigenvalue weighted by atomic mass is 15.2. The molecule has 0 aliphatic carbocycles. The van der Waals surface area contributed by atoms with Crippen LogP contribution in [0.5, 0.6) is 0 Å². The molecular weight excluding hydrogens is 659 g/mol. The molecule has 5 nitrogen and oxygen atoms in total. The summed E-state index contributed by atoms with van der Waals surface area (Å²) in [6.07, 6.45) is 0. The first-order chi connectivity index (χ1) is 26.8. The molecule has 0 atom stereocenters. The van der Waals surface area contributed by atoms with Gasteiger partial charge < -0.3 is 4.98 Å². The van der Waals surface area contributed by atoms with E-state index in [1.807, 2.05) is 18.2 Å². The SMILES string of the molecule is c1ccc(-c2nc(-c3cccc4ccccc34)nc(-n3c4c5ccccc5ccc4c4c5c6cc7ccccc7cc6[nH]c5c5ccccc5c43)n2)cc1. The first-order valence-electron chi connectivity index (χ1n) is 18.3. The van der Waals surface area contributed by atoms with Crippen LogP contribution >= 0.6 is 0 Å². The Morgan fingerprint density at radius 3 is 1.83 bits per heavy atom. The minimum Gasteiger partial charge on any atom is -0.354 e.